The summed E-state index contributed by atoms with van der Waals surface area (Å²) in [7, 11) is 0. The molecule has 27 heavy (non-hydrogen) atoms. The van der Waals surface area contributed by atoms with Crippen LogP contribution in [0, 0.1) is 11.2 Å². The van der Waals surface area contributed by atoms with Crippen LogP contribution >= 0.6 is 24.0 Å². The highest BCUT2D eigenvalue weighted by atomic mass is 35.5. The monoisotopic (exact) mass is 412 g/mol. The van der Waals surface area contributed by atoms with Crippen molar-refractivity contribution in [3.63, 3.8) is 0 Å². The molecule has 1 saturated heterocycles. The Hall–Kier alpha value is -1.82. The summed E-state index contributed by atoms with van der Waals surface area (Å²) >= 11 is 5.82. The van der Waals surface area contributed by atoms with Crippen molar-refractivity contribution in [3.8, 4) is 11.5 Å². The van der Waals surface area contributed by atoms with E-state index in [1.807, 2.05) is 13.8 Å². The third-order valence-electron chi connectivity index (χ3n) is 4.82. The minimum Gasteiger partial charge on any atom is -0.454 e. The number of carbonyl (C=O) groups excluding carboxylic acids is 1. The van der Waals surface area contributed by atoms with Gasteiger partial charge in [-0.25, -0.2) is 4.39 Å². The molecule has 0 aliphatic carbocycles. The molecule has 7 heteroatoms. The number of rotatable bonds is 3. The predicted octanol–water partition coefficient (Wildman–Crippen LogP) is 4.89. The summed E-state index contributed by atoms with van der Waals surface area (Å²) in [6, 6.07) is 11.0. The second-order valence-corrected chi connectivity index (χ2v) is 7.75. The standard InChI is InChI=1S/C20H22ClFN2O2.ClH/c1-20(2)12-24(10-9-18(20)23)19(25)13-3-8-17(16(22)11-13)26-15-6-4-14(21)5-7-15;/h3-8,11,18H,9-10,12,23H2,1-2H3;1H. The van der Waals surface area contributed by atoms with Gasteiger partial charge < -0.3 is 15.4 Å². The van der Waals surface area contributed by atoms with Gasteiger partial charge in [0.25, 0.3) is 5.91 Å². The number of amides is 1. The minimum absolute atomic E-state index is 0. The summed E-state index contributed by atoms with van der Waals surface area (Å²) in [5, 5.41) is 0.572. The van der Waals surface area contributed by atoms with Crippen LogP contribution in [0.25, 0.3) is 0 Å². The first kappa shape index (κ1) is 21.5. The first-order valence-electron chi connectivity index (χ1n) is 8.54. The van der Waals surface area contributed by atoms with Gasteiger partial charge in [0.05, 0.1) is 0 Å². The molecule has 1 heterocycles. The largest absolute Gasteiger partial charge is 0.454 e. The van der Waals surface area contributed by atoms with Crippen molar-refractivity contribution in [2.45, 2.75) is 26.3 Å². The SMILES string of the molecule is CC1(C)CN(C(=O)c2ccc(Oc3ccc(Cl)cc3)c(F)c2)CCC1N.Cl. The molecule has 4 nitrogen and oxygen atoms in total. The van der Waals surface area contributed by atoms with Crippen molar-refractivity contribution in [3.05, 3.63) is 58.9 Å². The number of piperidine rings is 1. The smallest absolute Gasteiger partial charge is 0.253 e. The van der Waals surface area contributed by atoms with Gasteiger partial charge in [-0.2, -0.15) is 0 Å². The maximum atomic E-state index is 14.4. The van der Waals surface area contributed by atoms with E-state index in [1.54, 1.807) is 35.2 Å². The Balaban J connectivity index is 0.00000261. The van der Waals surface area contributed by atoms with E-state index < -0.39 is 5.82 Å². The molecule has 1 amide bonds. The molecule has 2 aromatic carbocycles. The quantitative estimate of drug-likeness (QED) is 0.780. The molecule has 0 aromatic heterocycles. The molecular weight excluding hydrogens is 390 g/mol. The van der Waals surface area contributed by atoms with Gasteiger partial charge in [-0.3, -0.25) is 4.79 Å². The Labute approximate surface area is 169 Å². The van der Waals surface area contributed by atoms with Crippen LogP contribution in [0.2, 0.25) is 5.02 Å². The molecule has 0 saturated carbocycles. The zero-order valence-corrected chi connectivity index (χ0v) is 16.8. The third-order valence-corrected chi connectivity index (χ3v) is 5.07. The molecule has 0 bridgehead atoms. The van der Waals surface area contributed by atoms with Gasteiger partial charge in [0.15, 0.2) is 11.6 Å². The van der Waals surface area contributed by atoms with Crippen LogP contribution in [0.15, 0.2) is 42.5 Å². The molecule has 1 aliphatic rings. The summed E-state index contributed by atoms with van der Waals surface area (Å²) in [5.74, 6) is -0.246. The fourth-order valence-electron chi connectivity index (χ4n) is 3.08. The van der Waals surface area contributed by atoms with Crippen molar-refractivity contribution in [1.82, 2.24) is 4.90 Å². The Kier molecular flexibility index (Phi) is 6.73. The van der Waals surface area contributed by atoms with Crippen LogP contribution in [0.4, 0.5) is 4.39 Å². The number of nitrogens with zero attached hydrogens (tertiary/aromatic N) is 1. The lowest BCUT2D eigenvalue weighted by Gasteiger charge is -2.42. The molecule has 0 radical (unpaired) electrons. The molecule has 1 unspecified atom stereocenters. The lowest BCUT2D eigenvalue weighted by molar-refractivity contribution is 0.0532. The molecule has 1 aliphatic heterocycles. The van der Waals surface area contributed by atoms with Crippen LogP contribution in [0.1, 0.15) is 30.6 Å². The number of hydrogen-bond acceptors (Lipinski definition) is 3. The van der Waals surface area contributed by atoms with Gasteiger partial charge in [-0.15, -0.1) is 12.4 Å². The van der Waals surface area contributed by atoms with Crippen molar-refractivity contribution < 1.29 is 13.9 Å². The summed E-state index contributed by atoms with van der Waals surface area (Å²) in [6.45, 7) is 5.22. The summed E-state index contributed by atoms with van der Waals surface area (Å²) in [6.07, 6.45) is 0.735. The van der Waals surface area contributed by atoms with Crippen LogP contribution in [-0.2, 0) is 0 Å². The first-order valence-corrected chi connectivity index (χ1v) is 8.92. The fourth-order valence-corrected chi connectivity index (χ4v) is 3.20. The highest BCUT2D eigenvalue weighted by Crippen LogP contribution is 2.30. The Morgan fingerprint density at radius 3 is 2.52 bits per heavy atom. The lowest BCUT2D eigenvalue weighted by Crippen LogP contribution is -2.54. The normalized spacial score (nSPS) is 18.6. The highest BCUT2D eigenvalue weighted by molar-refractivity contribution is 6.30. The molecular formula is C20H23Cl2FN2O2. The van der Waals surface area contributed by atoms with E-state index in [9.17, 15) is 9.18 Å². The maximum absolute atomic E-state index is 14.4. The van der Waals surface area contributed by atoms with Crippen LogP contribution in [0.3, 0.4) is 0 Å². The second-order valence-electron chi connectivity index (χ2n) is 7.31. The second kappa shape index (κ2) is 8.46. The van der Waals surface area contributed by atoms with Crippen molar-refractivity contribution in [2.75, 3.05) is 13.1 Å². The van der Waals surface area contributed by atoms with E-state index in [2.05, 4.69) is 0 Å². The van der Waals surface area contributed by atoms with E-state index in [0.717, 1.165) is 6.42 Å². The first-order chi connectivity index (χ1) is 12.3. The molecule has 3 rings (SSSR count). The minimum atomic E-state index is -0.584. The molecule has 0 spiro atoms. The summed E-state index contributed by atoms with van der Waals surface area (Å²) in [4.78, 5) is 14.5. The van der Waals surface area contributed by atoms with Crippen molar-refractivity contribution in [2.24, 2.45) is 11.1 Å². The number of carbonyl (C=O) groups is 1. The topological polar surface area (TPSA) is 55.6 Å². The Morgan fingerprint density at radius 1 is 1.26 bits per heavy atom. The van der Waals surface area contributed by atoms with Crippen LogP contribution in [-0.4, -0.2) is 29.9 Å². The number of nitrogens with two attached hydrogens (primary N) is 1. The van der Waals surface area contributed by atoms with Crippen molar-refractivity contribution in [1.29, 1.82) is 0 Å². The van der Waals surface area contributed by atoms with Crippen LogP contribution < -0.4 is 10.5 Å². The van der Waals surface area contributed by atoms with Gasteiger partial charge in [0, 0.05) is 29.7 Å². The van der Waals surface area contributed by atoms with E-state index in [-0.39, 0.29) is 35.5 Å². The van der Waals surface area contributed by atoms with Gasteiger partial charge in [-0.1, -0.05) is 25.4 Å². The highest BCUT2D eigenvalue weighted by Gasteiger charge is 2.35. The Morgan fingerprint density at radius 2 is 1.93 bits per heavy atom. The van der Waals surface area contributed by atoms with Gasteiger partial charge in [0.1, 0.15) is 5.75 Å². The summed E-state index contributed by atoms with van der Waals surface area (Å²) < 4.78 is 19.9. The van der Waals surface area contributed by atoms with E-state index in [4.69, 9.17) is 22.1 Å². The molecule has 2 N–H and O–H groups in total. The van der Waals surface area contributed by atoms with E-state index in [0.29, 0.717) is 29.4 Å². The number of ether oxygens (including phenoxy) is 1. The number of benzene rings is 2. The zero-order valence-electron chi connectivity index (χ0n) is 15.2. The van der Waals surface area contributed by atoms with Gasteiger partial charge >= 0.3 is 0 Å². The average Bonchev–Trinajstić information content (AvgIpc) is 2.60. The summed E-state index contributed by atoms with van der Waals surface area (Å²) in [5.41, 5.74) is 6.26. The zero-order chi connectivity index (χ0) is 18.9. The molecule has 2 aromatic rings. The van der Waals surface area contributed by atoms with E-state index >= 15 is 0 Å². The van der Waals surface area contributed by atoms with Crippen LogP contribution in [0.5, 0.6) is 11.5 Å². The van der Waals surface area contributed by atoms with Gasteiger partial charge in [-0.05, 0) is 54.3 Å². The average molecular weight is 413 g/mol. The number of halogens is 3. The third kappa shape index (κ3) is 4.92. The lowest BCUT2D eigenvalue weighted by atomic mass is 9.79. The van der Waals surface area contributed by atoms with Gasteiger partial charge in [0.2, 0.25) is 0 Å². The maximum Gasteiger partial charge on any atom is 0.253 e. The number of hydrogen-bond donors (Lipinski definition) is 1. The molecule has 1 fully saturated rings. The fraction of sp³-hybridized carbons (Fsp3) is 0.350. The van der Waals surface area contributed by atoms with E-state index in [1.165, 1.54) is 12.1 Å². The Bertz CT molecular complexity index is 812. The predicted molar refractivity (Wildman–Crippen MR) is 107 cm³/mol. The molecule has 1 atom stereocenters. The molecule has 146 valence electrons. The number of likely N-dealkylation sites (tertiary alicyclic amines) is 1. The van der Waals surface area contributed by atoms with Crippen molar-refractivity contribution >= 4 is 29.9 Å².